The Morgan fingerprint density at radius 1 is 1.00 bits per heavy atom. The lowest BCUT2D eigenvalue weighted by atomic mass is 10.00. The average molecular weight is 519 g/mol. The Morgan fingerprint density at radius 3 is 2.37 bits per heavy atom. The van der Waals surface area contributed by atoms with Gasteiger partial charge in [-0.1, -0.05) is 47.5 Å². The van der Waals surface area contributed by atoms with Gasteiger partial charge in [0, 0.05) is 37.3 Å². The van der Waals surface area contributed by atoms with Crippen molar-refractivity contribution in [3.05, 3.63) is 93.7 Å². The molecule has 3 aromatic carbocycles. The van der Waals surface area contributed by atoms with E-state index in [1.807, 2.05) is 36.4 Å². The molecule has 186 valence electrons. The fraction of sp³-hybridized carbons (Fsp3) is 0.333. The number of benzene rings is 3. The van der Waals surface area contributed by atoms with E-state index >= 15 is 0 Å². The number of ether oxygens (including phenoxy) is 1. The van der Waals surface area contributed by atoms with Crippen LogP contribution in [-0.4, -0.2) is 54.0 Å². The molecule has 5 nitrogen and oxygen atoms in total. The van der Waals surface area contributed by atoms with Crippen molar-refractivity contribution >= 4 is 28.9 Å². The topological polar surface area (TPSA) is 56.2 Å². The molecule has 1 fully saturated rings. The van der Waals surface area contributed by atoms with Crippen molar-refractivity contribution in [3.8, 4) is 5.75 Å². The molecule has 0 bridgehead atoms. The van der Waals surface area contributed by atoms with E-state index in [4.69, 9.17) is 27.9 Å². The number of hydrogen-bond acceptors (Lipinski definition) is 5. The number of rotatable bonds is 8. The molecule has 0 spiro atoms. The highest BCUT2D eigenvalue weighted by atomic mass is 35.5. The summed E-state index contributed by atoms with van der Waals surface area (Å²) in [4.78, 5) is 4.46. The molecule has 4 rings (SSSR count). The summed E-state index contributed by atoms with van der Waals surface area (Å²) in [6.07, 6.45) is -1.29. The summed E-state index contributed by atoms with van der Waals surface area (Å²) in [5.41, 5.74) is 2.66. The van der Waals surface area contributed by atoms with Gasteiger partial charge in [0.2, 0.25) is 0 Å². The fourth-order valence-corrected chi connectivity index (χ4v) is 4.73. The maximum absolute atomic E-state index is 13.3. The normalized spacial score (nSPS) is 18.3. The Hall–Kier alpha value is -2.35. The van der Waals surface area contributed by atoms with Crippen LogP contribution in [0.4, 0.5) is 10.1 Å². The van der Waals surface area contributed by atoms with Crippen LogP contribution in [0.1, 0.15) is 30.2 Å². The lowest BCUT2D eigenvalue weighted by Crippen LogP contribution is -2.49. The van der Waals surface area contributed by atoms with Crippen LogP contribution in [0.3, 0.4) is 0 Å². The molecule has 0 saturated carbocycles. The highest BCUT2D eigenvalue weighted by molar-refractivity contribution is 6.33. The molecule has 35 heavy (non-hydrogen) atoms. The van der Waals surface area contributed by atoms with Gasteiger partial charge >= 0.3 is 0 Å². The first kappa shape index (κ1) is 25.7. The van der Waals surface area contributed by atoms with Crippen LogP contribution < -0.4 is 9.64 Å². The van der Waals surface area contributed by atoms with Gasteiger partial charge in [0.25, 0.3) is 0 Å². The third-order valence-electron chi connectivity index (χ3n) is 6.12. The molecule has 2 N–H and O–H groups in total. The predicted octanol–water partition coefficient (Wildman–Crippen LogP) is 5.49. The van der Waals surface area contributed by atoms with Crippen molar-refractivity contribution in [2.75, 3.05) is 37.7 Å². The van der Waals surface area contributed by atoms with Gasteiger partial charge in [-0.3, -0.25) is 4.90 Å². The van der Waals surface area contributed by atoms with E-state index in [1.165, 1.54) is 12.1 Å². The van der Waals surface area contributed by atoms with Crippen molar-refractivity contribution in [3.63, 3.8) is 0 Å². The van der Waals surface area contributed by atoms with Gasteiger partial charge in [-0.25, -0.2) is 4.39 Å². The van der Waals surface area contributed by atoms with Crippen LogP contribution in [0, 0.1) is 5.82 Å². The van der Waals surface area contributed by atoms with Crippen molar-refractivity contribution in [2.45, 2.75) is 25.2 Å². The van der Waals surface area contributed by atoms with Gasteiger partial charge in [-0.05, 0) is 54.4 Å². The molecule has 1 saturated heterocycles. The first-order valence-electron chi connectivity index (χ1n) is 11.6. The molecule has 0 unspecified atom stereocenters. The number of aliphatic hydroxyl groups excluding tert-OH is 2. The van der Waals surface area contributed by atoms with Crippen molar-refractivity contribution in [2.24, 2.45) is 0 Å². The van der Waals surface area contributed by atoms with Gasteiger partial charge in [0.15, 0.2) is 0 Å². The predicted molar refractivity (Wildman–Crippen MR) is 138 cm³/mol. The van der Waals surface area contributed by atoms with Crippen LogP contribution in [0.25, 0.3) is 0 Å². The van der Waals surface area contributed by atoms with Crippen LogP contribution in [0.15, 0.2) is 66.7 Å². The summed E-state index contributed by atoms with van der Waals surface area (Å²) in [5, 5.41) is 21.5. The van der Waals surface area contributed by atoms with E-state index in [0.717, 1.165) is 17.8 Å². The average Bonchev–Trinajstić information content (AvgIpc) is 2.84. The number of halogens is 3. The zero-order valence-corrected chi connectivity index (χ0v) is 21.0. The molecular formula is C27H29Cl2FN2O3. The first-order valence-corrected chi connectivity index (χ1v) is 12.3. The van der Waals surface area contributed by atoms with Crippen LogP contribution in [0.2, 0.25) is 10.0 Å². The third-order valence-corrected chi connectivity index (χ3v) is 6.68. The highest BCUT2D eigenvalue weighted by Crippen LogP contribution is 2.37. The van der Waals surface area contributed by atoms with E-state index in [-0.39, 0.29) is 18.5 Å². The van der Waals surface area contributed by atoms with Crippen LogP contribution in [-0.2, 0) is 0 Å². The Kier molecular flexibility index (Phi) is 8.52. The Balaban J connectivity index is 1.55. The number of nitrogens with zero attached hydrogens (tertiary/aromatic N) is 2. The molecule has 1 aliphatic rings. The van der Waals surface area contributed by atoms with E-state index < -0.39 is 12.2 Å². The van der Waals surface area contributed by atoms with E-state index in [9.17, 15) is 14.6 Å². The van der Waals surface area contributed by atoms with Gasteiger partial charge < -0.3 is 19.8 Å². The molecule has 0 aromatic heterocycles. The number of β-amino-alcohol motifs (C(OH)–C–C–N with tert-alkyl or cyclic N) is 1. The Labute approximate surface area is 215 Å². The molecule has 8 heteroatoms. The van der Waals surface area contributed by atoms with E-state index in [1.54, 1.807) is 25.1 Å². The second-order valence-corrected chi connectivity index (χ2v) is 9.70. The van der Waals surface area contributed by atoms with Gasteiger partial charge in [-0.2, -0.15) is 0 Å². The largest absolute Gasteiger partial charge is 0.491 e. The molecule has 3 aromatic rings. The monoisotopic (exact) mass is 518 g/mol. The summed E-state index contributed by atoms with van der Waals surface area (Å²) < 4.78 is 18.9. The highest BCUT2D eigenvalue weighted by Gasteiger charge is 2.31. The second kappa shape index (κ2) is 11.6. The molecule has 1 aliphatic heterocycles. The fourth-order valence-electron chi connectivity index (χ4n) is 4.33. The number of piperazine rings is 1. The third kappa shape index (κ3) is 6.66. The summed E-state index contributed by atoms with van der Waals surface area (Å²) >= 11 is 12.8. The minimum Gasteiger partial charge on any atom is -0.491 e. The molecular weight excluding hydrogens is 490 g/mol. The number of anilines is 1. The number of hydrogen-bond donors (Lipinski definition) is 2. The molecule has 0 radical (unpaired) electrons. The van der Waals surface area contributed by atoms with Crippen LogP contribution >= 0.6 is 23.2 Å². The molecule has 3 atom stereocenters. The minimum atomic E-state index is -0.720. The molecule has 0 aliphatic carbocycles. The molecule has 0 amide bonds. The summed E-state index contributed by atoms with van der Waals surface area (Å²) in [7, 11) is 0. The Bertz CT molecular complexity index is 1110. The van der Waals surface area contributed by atoms with Gasteiger partial charge in [0.1, 0.15) is 18.2 Å². The lowest BCUT2D eigenvalue weighted by molar-refractivity contribution is 0.100. The van der Waals surface area contributed by atoms with Crippen molar-refractivity contribution in [1.29, 1.82) is 0 Å². The second-order valence-electron chi connectivity index (χ2n) is 8.86. The zero-order chi connectivity index (χ0) is 24.9. The maximum Gasteiger partial charge on any atom is 0.123 e. The van der Waals surface area contributed by atoms with E-state index in [0.29, 0.717) is 41.0 Å². The van der Waals surface area contributed by atoms with Crippen molar-refractivity contribution < 1.29 is 19.3 Å². The smallest absolute Gasteiger partial charge is 0.123 e. The minimum absolute atomic E-state index is 0.0248. The molecule has 1 heterocycles. The first-order chi connectivity index (χ1) is 16.8. The Morgan fingerprint density at radius 2 is 1.71 bits per heavy atom. The zero-order valence-electron chi connectivity index (χ0n) is 19.4. The summed E-state index contributed by atoms with van der Waals surface area (Å²) in [5.74, 6) is 0.278. The van der Waals surface area contributed by atoms with E-state index in [2.05, 4.69) is 9.80 Å². The summed E-state index contributed by atoms with van der Waals surface area (Å²) in [6, 6.07) is 19.3. The number of aliphatic hydroxyl groups is 2. The SMILES string of the molecule is C[C@@H](O)COc1ccc(N2CCN(C[C@@H](O)c3ccc(F)cc3)C[C@H]2c2ccc(Cl)cc2)c(Cl)c1. The maximum atomic E-state index is 13.3. The van der Waals surface area contributed by atoms with Gasteiger partial charge in [0.05, 0.1) is 29.0 Å². The van der Waals surface area contributed by atoms with Gasteiger partial charge in [-0.15, -0.1) is 0 Å². The van der Waals surface area contributed by atoms with Crippen molar-refractivity contribution in [1.82, 2.24) is 4.90 Å². The quantitative estimate of drug-likeness (QED) is 0.413. The van der Waals surface area contributed by atoms with Crippen LogP contribution in [0.5, 0.6) is 5.75 Å². The standard InChI is InChI=1S/C27H29Cl2FN2O3/c1-18(33)17-35-23-10-11-25(24(29)14-23)32-13-12-31(15-26(32)19-2-6-21(28)7-3-19)16-27(34)20-4-8-22(30)9-5-20/h2-11,14,18,26-27,33-34H,12-13,15-17H2,1H3/t18-,26+,27-/m1/s1. The lowest BCUT2D eigenvalue weighted by Gasteiger charge is -2.44. The summed E-state index contributed by atoms with van der Waals surface area (Å²) in [6.45, 7) is 4.37.